The van der Waals surface area contributed by atoms with Gasteiger partial charge in [-0.25, -0.2) is 14.2 Å². The number of aryl methyl sites for hydroxylation is 1. The van der Waals surface area contributed by atoms with Crippen LogP contribution in [0.2, 0.25) is 0 Å². The number of hydrogen-bond donors (Lipinski definition) is 1. The second kappa shape index (κ2) is 7.49. The summed E-state index contributed by atoms with van der Waals surface area (Å²) >= 11 is 1.09. The Hall–Kier alpha value is -3.00. The average Bonchev–Trinajstić information content (AvgIpc) is 3.26. The number of rotatable bonds is 5. The molecule has 26 heavy (non-hydrogen) atoms. The fourth-order valence-electron chi connectivity index (χ4n) is 2.34. The van der Waals surface area contributed by atoms with Crippen LogP contribution in [0.25, 0.3) is 10.6 Å². The summed E-state index contributed by atoms with van der Waals surface area (Å²) in [5.41, 5.74) is 0.664. The van der Waals surface area contributed by atoms with Gasteiger partial charge in [-0.2, -0.15) is 0 Å². The number of nitrogens with one attached hydrogen (secondary N) is 1. The third-order valence-corrected chi connectivity index (χ3v) is 4.66. The lowest BCUT2D eigenvalue weighted by Crippen LogP contribution is -2.21. The number of furan rings is 1. The molecule has 0 spiro atoms. The Morgan fingerprint density at radius 3 is 2.85 bits per heavy atom. The van der Waals surface area contributed by atoms with Crippen LogP contribution >= 0.6 is 11.3 Å². The first kappa shape index (κ1) is 17.8. The first-order valence-corrected chi connectivity index (χ1v) is 8.47. The first-order chi connectivity index (χ1) is 12.5. The van der Waals surface area contributed by atoms with Crippen LogP contribution in [0.1, 0.15) is 31.6 Å². The van der Waals surface area contributed by atoms with E-state index in [9.17, 15) is 14.0 Å². The molecule has 0 saturated heterocycles. The van der Waals surface area contributed by atoms with Gasteiger partial charge >= 0.3 is 5.97 Å². The van der Waals surface area contributed by atoms with Crippen molar-refractivity contribution in [3.05, 3.63) is 64.3 Å². The number of amides is 1. The second-order valence-corrected chi connectivity index (χ2v) is 6.40. The van der Waals surface area contributed by atoms with E-state index >= 15 is 0 Å². The van der Waals surface area contributed by atoms with E-state index in [1.54, 1.807) is 25.1 Å². The summed E-state index contributed by atoms with van der Waals surface area (Å²) in [5, 5.41) is 3.11. The lowest BCUT2D eigenvalue weighted by Gasteiger charge is -2.00. The van der Waals surface area contributed by atoms with Crippen LogP contribution in [0, 0.1) is 12.7 Å². The van der Waals surface area contributed by atoms with Crippen molar-refractivity contribution in [2.45, 2.75) is 13.5 Å². The Kier molecular flexibility index (Phi) is 5.13. The Balaban J connectivity index is 1.68. The van der Waals surface area contributed by atoms with E-state index in [2.05, 4.69) is 15.0 Å². The molecule has 134 valence electrons. The zero-order valence-electron chi connectivity index (χ0n) is 14.0. The molecule has 0 fully saturated rings. The van der Waals surface area contributed by atoms with Gasteiger partial charge in [0.05, 0.1) is 19.9 Å². The summed E-state index contributed by atoms with van der Waals surface area (Å²) in [6.45, 7) is 1.74. The van der Waals surface area contributed by atoms with Gasteiger partial charge in [-0.05, 0) is 25.1 Å². The number of thiazole rings is 1. The maximum absolute atomic E-state index is 13.8. The molecule has 0 aliphatic heterocycles. The minimum atomic E-state index is -0.499. The highest BCUT2D eigenvalue weighted by Gasteiger charge is 2.17. The third-order valence-electron chi connectivity index (χ3n) is 3.63. The van der Waals surface area contributed by atoms with Gasteiger partial charge in [-0.1, -0.05) is 12.1 Å². The number of carbonyl (C=O) groups is 2. The quantitative estimate of drug-likeness (QED) is 0.691. The standard InChI is InChI=1S/C18H15FN2O4S/c1-10-13(18(23)24-2)7-11(25-10)8-20-16(22)15-9-21-17(26-15)12-5-3-4-6-14(12)19/h3-7,9H,8H2,1-2H3,(H,20,22). The van der Waals surface area contributed by atoms with Crippen molar-refractivity contribution in [3.63, 3.8) is 0 Å². The van der Waals surface area contributed by atoms with Crippen LogP contribution in [0.15, 0.2) is 40.9 Å². The van der Waals surface area contributed by atoms with Crippen molar-refractivity contribution in [1.82, 2.24) is 10.3 Å². The van der Waals surface area contributed by atoms with Gasteiger partial charge in [-0.15, -0.1) is 11.3 Å². The molecule has 0 unspecified atom stereocenters. The maximum Gasteiger partial charge on any atom is 0.341 e. The molecule has 0 saturated carbocycles. The normalized spacial score (nSPS) is 10.6. The number of carbonyl (C=O) groups excluding carboxylic acids is 2. The Morgan fingerprint density at radius 2 is 2.12 bits per heavy atom. The predicted octanol–water partition coefficient (Wildman–Crippen LogP) is 3.57. The van der Waals surface area contributed by atoms with E-state index in [0.717, 1.165) is 11.3 Å². The summed E-state index contributed by atoms with van der Waals surface area (Å²) in [6.07, 6.45) is 1.40. The van der Waals surface area contributed by atoms with Crippen molar-refractivity contribution in [2.75, 3.05) is 7.11 Å². The van der Waals surface area contributed by atoms with Crippen LogP contribution in [0.4, 0.5) is 4.39 Å². The number of ether oxygens (including phenoxy) is 1. The molecule has 0 aliphatic rings. The molecule has 8 heteroatoms. The Morgan fingerprint density at radius 1 is 1.35 bits per heavy atom. The monoisotopic (exact) mass is 374 g/mol. The fourth-order valence-corrected chi connectivity index (χ4v) is 3.20. The molecular weight excluding hydrogens is 359 g/mol. The van der Waals surface area contributed by atoms with Crippen LogP contribution in [-0.2, 0) is 11.3 Å². The highest BCUT2D eigenvalue weighted by molar-refractivity contribution is 7.16. The lowest BCUT2D eigenvalue weighted by molar-refractivity contribution is 0.0598. The van der Waals surface area contributed by atoms with Gasteiger partial charge in [0.15, 0.2) is 0 Å². The number of nitrogens with zero attached hydrogens (tertiary/aromatic N) is 1. The van der Waals surface area contributed by atoms with Crippen molar-refractivity contribution in [1.29, 1.82) is 0 Å². The van der Waals surface area contributed by atoms with Crippen LogP contribution in [-0.4, -0.2) is 24.0 Å². The molecule has 3 aromatic rings. The zero-order valence-corrected chi connectivity index (χ0v) is 14.9. The molecule has 0 atom stereocenters. The van der Waals surface area contributed by atoms with Crippen LogP contribution in [0.3, 0.4) is 0 Å². The minimum absolute atomic E-state index is 0.101. The van der Waals surface area contributed by atoms with Gasteiger partial charge < -0.3 is 14.5 Å². The molecule has 1 amide bonds. The molecule has 1 N–H and O–H groups in total. The summed E-state index contributed by atoms with van der Waals surface area (Å²) in [6, 6.07) is 7.77. The third kappa shape index (κ3) is 3.65. The molecule has 0 radical (unpaired) electrons. The molecule has 0 bridgehead atoms. The first-order valence-electron chi connectivity index (χ1n) is 7.66. The molecule has 2 heterocycles. The summed E-state index contributed by atoms with van der Waals surface area (Å²) in [5.74, 6) is -0.411. The zero-order chi connectivity index (χ0) is 18.7. The number of methoxy groups -OCH3 is 1. The lowest BCUT2D eigenvalue weighted by atomic mass is 10.2. The van der Waals surface area contributed by atoms with E-state index < -0.39 is 11.8 Å². The Bertz CT molecular complexity index is 964. The fraction of sp³-hybridized carbons (Fsp3) is 0.167. The number of benzene rings is 1. The molecule has 0 aliphatic carbocycles. The summed E-state index contributed by atoms with van der Waals surface area (Å²) in [4.78, 5) is 28.3. The van der Waals surface area contributed by atoms with Crippen molar-refractivity contribution < 1.29 is 23.1 Å². The maximum atomic E-state index is 13.8. The second-order valence-electron chi connectivity index (χ2n) is 5.37. The topological polar surface area (TPSA) is 81.4 Å². The van der Waals surface area contributed by atoms with E-state index in [1.807, 2.05) is 0 Å². The van der Waals surface area contributed by atoms with Crippen molar-refractivity contribution in [2.24, 2.45) is 0 Å². The van der Waals surface area contributed by atoms with Crippen LogP contribution < -0.4 is 5.32 Å². The van der Waals surface area contributed by atoms with Gasteiger partial charge in [0, 0.05) is 5.56 Å². The van der Waals surface area contributed by atoms with Gasteiger partial charge in [0.25, 0.3) is 5.91 Å². The van der Waals surface area contributed by atoms with Gasteiger partial charge in [0.1, 0.15) is 32.8 Å². The Labute approximate surface area is 152 Å². The minimum Gasteiger partial charge on any atom is -0.465 e. The largest absolute Gasteiger partial charge is 0.465 e. The van der Waals surface area contributed by atoms with E-state index in [1.165, 1.54) is 25.4 Å². The summed E-state index contributed by atoms with van der Waals surface area (Å²) < 4.78 is 23.9. The van der Waals surface area contributed by atoms with Gasteiger partial charge in [0.2, 0.25) is 0 Å². The van der Waals surface area contributed by atoms with Gasteiger partial charge in [-0.3, -0.25) is 4.79 Å². The molecule has 1 aromatic carbocycles. The number of hydrogen-bond acceptors (Lipinski definition) is 6. The van der Waals surface area contributed by atoms with Crippen LogP contribution in [0.5, 0.6) is 0 Å². The smallest absolute Gasteiger partial charge is 0.341 e. The molecule has 6 nitrogen and oxygen atoms in total. The number of aromatic nitrogens is 1. The van der Waals surface area contributed by atoms with E-state index in [-0.39, 0.29) is 12.5 Å². The van der Waals surface area contributed by atoms with Crippen molar-refractivity contribution >= 4 is 23.2 Å². The highest BCUT2D eigenvalue weighted by Crippen LogP contribution is 2.27. The van der Waals surface area contributed by atoms with E-state index in [0.29, 0.717) is 32.5 Å². The predicted molar refractivity (Wildman–Crippen MR) is 93.5 cm³/mol. The molecule has 2 aromatic heterocycles. The number of halogens is 1. The molecular formula is C18H15FN2O4S. The SMILES string of the molecule is COC(=O)c1cc(CNC(=O)c2cnc(-c3ccccc3F)s2)oc1C. The molecule has 3 rings (SSSR count). The summed E-state index contributed by atoms with van der Waals surface area (Å²) in [7, 11) is 1.28. The van der Waals surface area contributed by atoms with Crippen molar-refractivity contribution in [3.8, 4) is 10.6 Å². The average molecular weight is 374 g/mol. The number of esters is 1. The highest BCUT2D eigenvalue weighted by atomic mass is 32.1. The van der Waals surface area contributed by atoms with E-state index in [4.69, 9.17) is 4.42 Å².